The molecule has 0 spiro atoms. The maximum atomic E-state index is 13.1. The highest BCUT2D eigenvalue weighted by Gasteiger charge is 2.37. The van der Waals surface area contributed by atoms with Gasteiger partial charge in [0.15, 0.2) is 0 Å². The van der Waals surface area contributed by atoms with Crippen molar-refractivity contribution in [2.24, 2.45) is 5.73 Å². The van der Waals surface area contributed by atoms with Gasteiger partial charge < -0.3 is 11.1 Å². The summed E-state index contributed by atoms with van der Waals surface area (Å²) in [6, 6.07) is 14.8. The summed E-state index contributed by atoms with van der Waals surface area (Å²) in [7, 11) is 0. The number of hydrogen-bond acceptors (Lipinski definition) is 4. The van der Waals surface area contributed by atoms with E-state index in [4.69, 9.17) is 5.73 Å². The van der Waals surface area contributed by atoms with Gasteiger partial charge in [-0.15, -0.1) is 0 Å². The van der Waals surface area contributed by atoms with Crippen molar-refractivity contribution in [2.75, 3.05) is 10.2 Å². The topological polar surface area (TPSA) is 110 Å². The first-order valence-electron chi connectivity index (χ1n) is 9.99. The first-order chi connectivity index (χ1) is 15.2. The van der Waals surface area contributed by atoms with Gasteiger partial charge in [0.25, 0.3) is 17.7 Å². The van der Waals surface area contributed by atoms with Crippen LogP contribution in [0.25, 0.3) is 0 Å². The number of rotatable bonds is 4. The fraction of sp³-hybridized carbons (Fsp3) is 0.120. The molecule has 32 heavy (non-hydrogen) atoms. The fourth-order valence-electron chi connectivity index (χ4n) is 3.78. The molecule has 0 saturated carbocycles. The summed E-state index contributed by atoms with van der Waals surface area (Å²) in [5, 5.41) is 2.74. The van der Waals surface area contributed by atoms with E-state index in [-0.39, 0.29) is 16.7 Å². The van der Waals surface area contributed by atoms with Gasteiger partial charge in [-0.1, -0.05) is 12.1 Å². The van der Waals surface area contributed by atoms with Crippen LogP contribution in [-0.2, 0) is 0 Å². The Kier molecular flexibility index (Phi) is 5.10. The number of carbonyl (C=O) groups is 4. The number of imide groups is 1. The van der Waals surface area contributed by atoms with Crippen molar-refractivity contribution in [3.63, 3.8) is 0 Å². The smallest absolute Gasteiger partial charge is 0.266 e. The molecule has 0 aromatic heterocycles. The number of benzene rings is 3. The maximum absolute atomic E-state index is 13.1. The molecule has 1 heterocycles. The van der Waals surface area contributed by atoms with Gasteiger partial charge in [0.2, 0.25) is 5.91 Å². The lowest BCUT2D eigenvalue weighted by atomic mass is 10.0. The number of amides is 4. The van der Waals surface area contributed by atoms with Crippen molar-refractivity contribution >= 4 is 35.0 Å². The number of aryl methyl sites for hydroxylation is 3. The predicted octanol–water partition coefficient (Wildman–Crippen LogP) is 3.76. The minimum Gasteiger partial charge on any atom is -0.366 e. The zero-order valence-electron chi connectivity index (χ0n) is 17.9. The predicted molar refractivity (Wildman–Crippen MR) is 121 cm³/mol. The van der Waals surface area contributed by atoms with E-state index in [1.165, 1.54) is 18.2 Å². The first-order valence-corrected chi connectivity index (χ1v) is 9.99. The lowest BCUT2D eigenvalue weighted by Crippen LogP contribution is -2.30. The van der Waals surface area contributed by atoms with Gasteiger partial charge in [0.05, 0.1) is 16.8 Å². The van der Waals surface area contributed by atoms with Crippen LogP contribution in [0, 0.1) is 20.8 Å². The summed E-state index contributed by atoms with van der Waals surface area (Å²) in [4.78, 5) is 51.3. The van der Waals surface area contributed by atoms with Crippen LogP contribution < -0.4 is 16.0 Å². The van der Waals surface area contributed by atoms with E-state index in [2.05, 4.69) is 5.32 Å². The van der Waals surface area contributed by atoms with E-state index >= 15 is 0 Å². The van der Waals surface area contributed by atoms with E-state index in [1.807, 2.05) is 26.0 Å². The van der Waals surface area contributed by atoms with Crippen LogP contribution >= 0.6 is 0 Å². The Morgan fingerprint density at radius 2 is 1.53 bits per heavy atom. The van der Waals surface area contributed by atoms with E-state index < -0.39 is 23.6 Å². The van der Waals surface area contributed by atoms with E-state index in [0.717, 1.165) is 16.0 Å². The Balaban J connectivity index is 1.62. The third-order valence-corrected chi connectivity index (χ3v) is 5.50. The van der Waals surface area contributed by atoms with Crippen LogP contribution in [0.4, 0.5) is 11.4 Å². The van der Waals surface area contributed by atoms with E-state index in [0.29, 0.717) is 22.5 Å². The van der Waals surface area contributed by atoms with Crippen molar-refractivity contribution in [3.05, 3.63) is 93.5 Å². The van der Waals surface area contributed by atoms with Gasteiger partial charge in [-0.2, -0.15) is 0 Å². The molecule has 7 nitrogen and oxygen atoms in total. The average Bonchev–Trinajstić information content (AvgIpc) is 2.99. The van der Waals surface area contributed by atoms with Gasteiger partial charge in [0, 0.05) is 16.8 Å². The largest absolute Gasteiger partial charge is 0.366 e. The second-order valence-corrected chi connectivity index (χ2v) is 7.84. The number of nitrogens with two attached hydrogens (primary N) is 1. The second-order valence-electron chi connectivity index (χ2n) is 7.84. The standard InChI is InChI=1S/C25H21N3O4/c1-13-4-5-14(2)21(10-13)28-24(31)19-8-6-16(12-20(19)25(28)32)23(30)27-17-7-9-18(22(26)29)15(3)11-17/h4-12H,1-3H3,(H2,26,29)(H,27,30). The van der Waals surface area contributed by atoms with Gasteiger partial charge in [-0.05, 0) is 79.9 Å². The summed E-state index contributed by atoms with van der Waals surface area (Å²) >= 11 is 0. The molecule has 0 aliphatic carbocycles. The molecule has 160 valence electrons. The summed E-state index contributed by atoms with van der Waals surface area (Å²) in [5.41, 5.74) is 9.75. The van der Waals surface area contributed by atoms with Crippen LogP contribution in [0.2, 0.25) is 0 Å². The van der Waals surface area contributed by atoms with Gasteiger partial charge in [0.1, 0.15) is 0 Å². The molecule has 0 fully saturated rings. The lowest BCUT2D eigenvalue weighted by Gasteiger charge is -2.17. The number of primary amides is 1. The van der Waals surface area contributed by atoms with Crippen molar-refractivity contribution < 1.29 is 19.2 Å². The minimum absolute atomic E-state index is 0.184. The number of nitrogens with zero attached hydrogens (tertiary/aromatic N) is 1. The van der Waals surface area contributed by atoms with Crippen molar-refractivity contribution in [1.29, 1.82) is 0 Å². The quantitative estimate of drug-likeness (QED) is 0.618. The van der Waals surface area contributed by atoms with Crippen molar-refractivity contribution in [2.45, 2.75) is 20.8 Å². The maximum Gasteiger partial charge on any atom is 0.266 e. The monoisotopic (exact) mass is 427 g/mol. The summed E-state index contributed by atoms with van der Waals surface area (Å²) in [6.07, 6.45) is 0. The third-order valence-electron chi connectivity index (χ3n) is 5.50. The molecule has 3 N–H and O–H groups in total. The molecule has 0 atom stereocenters. The van der Waals surface area contributed by atoms with Crippen molar-refractivity contribution in [3.8, 4) is 0 Å². The van der Waals surface area contributed by atoms with Crippen LogP contribution in [0.5, 0.6) is 0 Å². The Labute approximate surface area is 184 Å². The molecule has 7 heteroatoms. The molecule has 4 rings (SSSR count). The number of fused-ring (bicyclic) bond motifs is 1. The van der Waals surface area contributed by atoms with Crippen LogP contribution in [0.1, 0.15) is 58.1 Å². The van der Waals surface area contributed by atoms with Crippen molar-refractivity contribution in [1.82, 2.24) is 0 Å². The molecule has 1 aliphatic heterocycles. The minimum atomic E-state index is -0.546. The summed E-state index contributed by atoms with van der Waals surface area (Å²) < 4.78 is 0. The molecule has 3 aromatic carbocycles. The third kappa shape index (κ3) is 3.54. The molecule has 4 amide bonds. The molecule has 0 radical (unpaired) electrons. The normalized spacial score (nSPS) is 12.7. The SMILES string of the molecule is Cc1ccc(C)c(N2C(=O)c3ccc(C(=O)Nc4ccc(C(N)=O)c(C)c4)cc3C2=O)c1. The lowest BCUT2D eigenvalue weighted by molar-refractivity contribution is 0.0923. The molecule has 0 saturated heterocycles. The Morgan fingerprint density at radius 3 is 2.22 bits per heavy atom. The zero-order valence-corrected chi connectivity index (χ0v) is 17.9. The number of anilines is 2. The second kappa shape index (κ2) is 7.77. The number of nitrogens with one attached hydrogen (secondary N) is 1. The highest BCUT2D eigenvalue weighted by Crippen LogP contribution is 2.32. The zero-order chi connectivity index (χ0) is 23.2. The fourth-order valence-corrected chi connectivity index (χ4v) is 3.78. The molecule has 0 bridgehead atoms. The van der Waals surface area contributed by atoms with Gasteiger partial charge >= 0.3 is 0 Å². The average molecular weight is 427 g/mol. The van der Waals surface area contributed by atoms with E-state index in [9.17, 15) is 19.2 Å². The van der Waals surface area contributed by atoms with E-state index in [1.54, 1.807) is 31.2 Å². The molecular weight excluding hydrogens is 406 g/mol. The van der Waals surface area contributed by atoms with Crippen LogP contribution in [0.3, 0.4) is 0 Å². The van der Waals surface area contributed by atoms with Gasteiger partial charge in [-0.25, -0.2) is 4.90 Å². The van der Waals surface area contributed by atoms with Crippen LogP contribution in [0.15, 0.2) is 54.6 Å². The Bertz CT molecular complexity index is 1330. The molecular formula is C25H21N3O4. The summed E-state index contributed by atoms with van der Waals surface area (Å²) in [6.45, 7) is 5.45. The Hall–Kier alpha value is -4.26. The first kappa shape index (κ1) is 21.0. The highest BCUT2D eigenvalue weighted by molar-refractivity contribution is 6.35. The Morgan fingerprint density at radius 1 is 0.812 bits per heavy atom. The van der Waals surface area contributed by atoms with Crippen LogP contribution in [-0.4, -0.2) is 23.6 Å². The highest BCUT2D eigenvalue weighted by atomic mass is 16.2. The number of hydrogen-bond donors (Lipinski definition) is 2. The number of carbonyl (C=O) groups excluding carboxylic acids is 4. The molecule has 1 aliphatic rings. The summed E-state index contributed by atoms with van der Waals surface area (Å²) in [5.74, 6) is -1.86. The van der Waals surface area contributed by atoms with Gasteiger partial charge in [-0.3, -0.25) is 19.2 Å². The molecule has 3 aromatic rings. The molecule has 0 unspecified atom stereocenters.